The van der Waals surface area contributed by atoms with Crippen LogP contribution >= 0.6 is 0 Å². The van der Waals surface area contributed by atoms with Crippen molar-refractivity contribution >= 4 is 17.0 Å². The number of hydrogen-bond donors (Lipinski definition) is 2. The van der Waals surface area contributed by atoms with Gasteiger partial charge in [0.05, 0.1) is 0 Å². The molecule has 0 aliphatic heterocycles. The zero-order chi connectivity index (χ0) is 12.7. The Labute approximate surface area is 112 Å². The van der Waals surface area contributed by atoms with Gasteiger partial charge in [0.1, 0.15) is 0 Å². The molecule has 1 aliphatic rings. The number of hydrogen-bond acceptors (Lipinski definition) is 0. The van der Waals surface area contributed by atoms with Crippen LogP contribution in [0.5, 0.6) is 0 Å². The lowest BCUT2D eigenvalue weighted by Gasteiger charge is -2.06. The standard InChI is InChI=1S/C17H16N2/c1-3-7-16-14(5-1)12(10-18-16)9-13-11-19-17-8-4-2-6-15(13)17/h1-3,5-7,10-11,18-19H,4,8-9H2. The molecule has 0 radical (unpaired) electrons. The molecule has 3 aromatic rings. The molecule has 2 heterocycles. The van der Waals surface area contributed by atoms with Crippen molar-refractivity contribution in [3.05, 3.63) is 65.1 Å². The molecule has 0 amide bonds. The summed E-state index contributed by atoms with van der Waals surface area (Å²) in [4.78, 5) is 6.78. The number of aromatic nitrogens is 2. The van der Waals surface area contributed by atoms with Crippen molar-refractivity contribution in [2.75, 3.05) is 0 Å². The topological polar surface area (TPSA) is 31.6 Å². The third kappa shape index (κ3) is 1.72. The number of fused-ring (bicyclic) bond motifs is 2. The van der Waals surface area contributed by atoms with E-state index < -0.39 is 0 Å². The number of nitrogens with one attached hydrogen (secondary N) is 2. The lowest BCUT2D eigenvalue weighted by Crippen LogP contribution is -1.94. The van der Waals surface area contributed by atoms with Gasteiger partial charge >= 0.3 is 0 Å². The van der Waals surface area contributed by atoms with Gasteiger partial charge in [-0.2, -0.15) is 0 Å². The first-order valence-electron chi connectivity index (χ1n) is 6.82. The molecule has 19 heavy (non-hydrogen) atoms. The first kappa shape index (κ1) is 10.7. The molecule has 1 aliphatic carbocycles. The van der Waals surface area contributed by atoms with Crippen LogP contribution in [-0.4, -0.2) is 9.97 Å². The van der Waals surface area contributed by atoms with Crippen molar-refractivity contribution in [3.8, 4) is 0 Å². The van der Waals surface area contributed by atoms with Gasteiger partial charge in [-0.25, -0.2) is 0 Å². The number of benzene rings is 1. The van der Waals surface area contributed by atoms with E-state index in [1.807, 2.05) is 0 Å². The summed E-state index contributed by atoms with van der Waals surface area (Å²) in [5.41, 5.74) is 6.78. The molecule has 2 nitrogen and oxygen atoms in total. The van der Waals surface area contributed by atoms with Crippen molar-refractivity contribution in [2.24, 2.45) is 0 Å². The molecule has 2 aromatic heterocycles. The van der Waals surface area contributed by atoms with Crippen molar-refractivity contribution < 1.29 is 0 Å². The van der Waals surface area contributed by atoms with Crippen molar-refractivity contribution in [1.82, 2.24) is 9.97 Å². The molecule has 0 atom stereocenters. The molecule has 1 aromatic carbocycles. The van der Waals surface area contributed by atoms with Crippen LogP contribution in [0.1, 0.15) is 28.8 Å². The summed E-state index contributed by atoms with van der Waals surface area (Å²) in [6.45, 7) is 0. The van der Waals surface area contributed by atoms with Crippen molar-refractivity contribution in [2.45, 2.75) is 19.3 Å². The van der Waals surface area contributed by atoms with Crippen LogP contribution in [-0.2, 0) is 12.8 Å². The average Bonchev–Trinajstić information content (AvgIpc) is 3.05. The number of H-pyrrole nitrogens is 2. The minimum absolute atomic E-state index is 0.986. The fraction of sp³-hybridized carbons (Fsp3) is 0.176. The Morgan fingerprint density at radius 2 is 1.89 bits per heavy atom. The van der Waals surface area contributed by atoms with Crippen LogP contribution in [0.15, 0.2) is 42.7 Å². The quantitative estimate of drug-likeness (QED) is 0.686. The molecule has 0 bridgehead atoms. The molecule has 0 saturated carbocycles. The maximum Gasteiger partial charge on any atom is 0.0456 e. The van der Waals surface area contributed by atoms with Crippen LogP contribution < -0.4 is 0 Å². The Hall–Kier alpha value is -2.22. The molecule has 2 heteroatoms. The first-order valence-corrected chi connectivity index (χ1v) is 6.82. The van der Waals surface area contributed by atoms with Crippen LogP contribution in [0, 0.1) is 0 Å². The summed E-state index contributed by atoms with van der Waals surface area (Å²) in [7, 11) is 0. The highest BCUT2D eigenvalue weighted by molar-refractivity contribution is 5.83. The van der Waals surface area contributed by atoms with Crippen LogP contribution in [0.2, 0.25) is 0 Å². The van der Waals surface area contributed by atoms with Gasteiger partial charge in [0.15, 0.2) is 0 Å². The van der Waals surface area contributed by atoms with Crippen LogP contribution in [0.25, 0.3) is 17.0 Å². The van der Waals surface area contributed by atoms with Crippen LogP contribution in [0.4, 0.5) is 0 Å². The molecular formula is C17H16N2. The number of para-hydroxylation sites is 1. The Balaban J connectivity index is 1.76. The maximum atomic E-state index is 3.43. The molecule has 0 saturated heterocycles. The Morgan fingerprint density at radius 1 is 1.00 bits per heavy atom. The lowest BCUT2D eigenvalue weighted by molar-refractivity contribution is 0.944. The van der Waals surface area contributed by atoms with E-state index >= 15 is 0 Å². The van der Waals surface area contributed by atoms with Gasteiger partial charge in [-0.1, -0.05) is 30.4 Å². The summed E-state index contributed by atoms with van der Waals surface area (Å²) >= 11 is 0. The second-order valence-corrected chi connectivity index (χ2v) is 5.18. The van der Waals surface area contributed by atoms with E-state index in [1.165, 1.54) is 33.3 Å². The second-order valence-electron chi connectivity index (χ2n) is 5.18. The SMILES string of the molecule is C1=Cc2c(Cc3c[nH]c4ccccc34)c[nH]c2CC1. The zero-order valence-electron chi connectivity index (χ0n) is 10.7. The van der Waals surface area contributed by atoms with E-state index in [0.29, 0.717) is 0 Å². The van der Waals surface area contributed by atoms with Gasteiger partial charge in [-0.15, -0.1) is 0 Å². The molecule has 0 spiro atoms. The fourth-order valence-electron chi connectivity index (χ4n) is 3.00. The van der Waals surface area contributed by atoms with Gasteiger partial charge < -0.3 is 9.97 Å². The largest absolute Gasteiger partial charge is 0.364 e. The van der Waals surface area contributed by atoms with E-state index in [-0.39, 0.29) is 0 Å². The summed E-state index contributed by atoms with van der Waals surface area (Å²) in [6.07, 6.45) is 12.1. The zero-order valence-corrected chi connectivity index (χ0v) is 10.7. The molecule has 0 fully saturated rings. The number of aromatic amines is 2. The van der Waals surface area contributed by atoms with E-state index in [2.05, 4.69) is 58.8 Å². The predicted molar refractivity (Wildman–Crippen MR) is 79.3 cm³/mol. The van der Waals surface area contributed by atoms with Crippen molar-refractivity contribution in [1.29, 1.82) is 0 Å². The lowest BCUT2D eigenvalue weighted by atomic mass is 9.97. The fourth-order valence-corrected chi connectivity index (χ4v) is 3.00. The molecule has 2 N–H and O–H groups in total. The first-order chi connectivity index (χ1) is 9.42. The van der Waals surface area contributed by atoms with Gasteiger partial charge in [0, 0.05) is 35.4 Å². The van der Waals surface area contributed by atoms with Crippen molar-refractivity contribution in [3.63, 3.8) is 0 Å². The highest BCUT2D eigenvalue weighted by Crippen LogP contribution is 2.27. The number of rotatable bonds is 2. The maximum absolute atomic E-state index is 3.43. The molecule has 4 rings (SSSR count). The molecular weight excluding hydrogens is 232 g/mol. The van der Waals surface area contributed by atoms with Gasteiger partial charge in [0.25, 0.3) is 0 Å². The summed E-state index contributed by atoms with van der Waals surface area (Å²) in [5.74, 6) is 0. The Morgan fingerprint density at radius 3 is 2.89 bits per heavy atom. The van der Waals surface area contributed by atoms with E-state index in [9.17, 15) is 0 Å². The summed E-state index contributed by atoms with van der Waals surface area (Å²) in [6, 6.07) is 8.50. The minimum atomic E-state index is 0.986. The Bertz CT molecular complexity index is 759. The summed E-state index contributed by atoms with van der Waals surface area (Å²) in [5, 5.41) is 1.33. The van der Waals surface area contributed by atoms with E-state index in [4.69, 9.17) is 0 Å². The van der Waals surface area contributed by atoms with Gasteiger partial charge in [-0.3, -0.25) is 0 Å². The van der Waals surface area contributed by atoms with Gasteiger partial charge in [-0.05, 0) is 35.6 Å². The van der Waals surface area contributed by atoms with E-state index in [1.54, 1.807) is 0 Å². The third-order valence-electron chi connectivity index (χ3n) is 3.99. The Kier molecular flexibility index (Phi) is 2.34. The smallest absolute Gasteiger partial charge is 0.0456 e. The average molecular weight is 248 g/mol. The molecule has 94 valence electrons. The minimum Gasteiger partial charge on any atom is -0.364 e. The number of allylic oxidation sites excluding steroid dienone is 1. The normalized spacial score (nSPS) is 13.9. The summed E-state index contributed by atoms with van der Waals surface area (Å²) < 4.78 is 0. The third-order valence-corrected chi connectivity index (χ3v) is 3.99. The molecule has 0 unspecified atom stereocenters. The predicted octanol–water partition coefficient (Wildman–Crippen LogP) is 4.05. The van der Waals surface area contributed by atoms with Crippen LogP contribution in [0.3, 0.4) is 0 Å². The van der Waals surface area contributed by atoms with Gasteiger partial charge in [0.2, 0.25) is 0 Å². The monoisotopic (exact) mass is 248 g/mol. The highest BCUT2D eigenvalue weighted by Gasteiger charge is 2.13. The second kappa shape index (κ2) is 4.16. The highest BCUT2D eigenvalue weighted by atomic mass is 14.7. The van der Waals surface area contributed by atoms with E-state index in [0.717, 1.165) is 19.3 Å². The number of aryl methyl sites for hydroxylation is 1.